The van der Waals surface area contributed by atoms with Gasteiger partial charge in [-0.3, -0.25) is 10.1 Å². The van der Waals surface area contributed by atoms with Gasteiger partial charge >= 0.3 is 6.03 Å². The van der Waals surface area contributed by atoms with Gasteiger partial charge < -0.3 is 4.90 Å². The molecule has 0 aliphatic carbocycles. The average Bonchev–Trinajstić information content (AvgIpc) is 2.28. The number of fused-ring (bicyclic) bond motifs is 2. The van der Waals surface area contributed by atoms with Crippen LogP contribution in [0.5, 0.6) is 0 Å². The Balaban J connectivity index is 2.24. The van der Waals surface area contributed by atoms with E-state index in [1.165, 1.54) is 0 Å². The Morgan fingerprint density at radius 2 is 2.30 bits per heavy atom. The Bertz CT molecular complexity index is 182. The van der Waals surface area contributed by atoms with Crippen LogP contribution in [0.2, 0.25) is 0 Å². The van der Waals surface area contributed by atoms with Crippen molar-refractivity contribution in [2.45, 2.75) is 6.42 Å². The van der Waals surface area contributed by atoms with Gasteiger partial charge in [-0.05, 0) is 6.42 Å². The fourth-order valence-corrected chi connectivity index (χ4v) is 1.45. The lowest BCUT2D eigenvalue weighted by molar-refractivity contribution is -0.124. The third-order valence-corrected chi connectivity index (χ3v) is 2.08. The van der Waals surface area contributed by atoms with Crippen LogP contribution in [0.3, 0.4) is 0 Å². The van der Waals surface area contributed by atoms with Gasteiger partial charge in [-0.15, -0.1) is 0 Å². The summed E-state index contributed by atoms with van der Waals surface area (Å²) in [5.74, 6) is -0.0311. The fourth-order valence-electron chi connectivity index (χ4n) is 1.45. The van der Waals surface area contributed by atoms with E-state index in [1.807, 2.05) is 0 Å². The Hall–Kier alpha value is -1.06. The summed E-state index contributed by atoms with van der Waals surface area (Å²) in [6, 6.07) is -0.223. The molecule has 54 valence electrons. The SMILES string of the molecule is O=C1NC(=O)N2CCC1C2. The van der Waals surface area contributed by atoms with Gasteiger partial charge in [-0.1, -0.05) is 0 Å². The van der Waals surface area contributed by atoms with Crippen molar-refractivity contribution >= 4 is 11.9 Å². The molecule has 1 unspecified atom stereocenters. The second-order valence-electron chi connectivity index (χ2n) is 2.73. The van der Waals surface area contributed by atoms with E-state index in [0.29, 0.717) is 6.54 Å². The second kappa shape index (κ2) is 1.71. The van der Waals surface area contributed by atoms with Crippen LogP contribution in [-0.4, -0.2) is 29.9 Å². The molecule has 0 aromatic rings. The average molecular weight is 140 g/mol. The molecule has 3 amide bonds. The number of carbonyl (C=O) groups excluding carboxylic acids is 2. The maximum absolute atomic E-state index is 10.9. The molecule has 4 nitrogen and oxygen atoms in total. The first-order chi connectivity index (χ1) is 4.77. The third-order valence-electron chi connectivity index (χ3n) is 2.08. The number of hydrogen-bond donors (Lipinski definition) is 1. The Kier molecular flexibility index (Phi) is 0.977. The largest absolute Gasteiger partial charge is 0.324 e. The molecule has 10 heavy (non-hydrogen) atoms. The first-order valence-electron chi connectivity index (χ1n) is 3.37. The van der Waals surface area contributed by atoms with Crippen LogP contribution in [0, 0.1) is 5.92 Å². The highest BCUT2D eigenvalue weighted by Crippen LogP contribution is 2.19. The molecule has 2 aliphatic heterocycles. The maximum atomic E-state index is 10.9. The van der Waals surface area contributed by atoms with Crippen molar-refractivity contribution in [1.29, 1.82) is 0 Å². The van der Waals surface area contributed by atoms with Gasteiger partial charge in [0.25, 0.3) is 0 Å². The minimum absolute atomic E-state index is 0.0673. The van der Waals surface area contributed by atoms with E-state index in [2.05, 4.69) is 5.32 Å². The molecule has 0 aromatic carbocycles. The molecule has 1 N–H and O–H groups in total. The predicted octanol–water partition coefficient (Wildman–Crippen LogP) is -0.442. The number of urea groups is 1. The summed E-state index contributed by atoms with van der Waals surface area (Å²) < 4.78 is 0. The van der Waals surface area contributed by atoms with Crippen LogP contribution in [-0.2, 0) is 4.79 Å². The van der Waals surface area contributed by atoms with Crippen molar-refractivity contribution in [3.05, 3.63) is 0 Å². The number of rotatable bonds is 0. The van der Waals surface area contributed by atoms with E-state index in [4.69, 9.17) is 0 Å². The van der Waals surface area contributed by atoms with Crippen LogP contribution in [0.1, 0.15) is 6.42 Å². The quantitative estimate of drug-likeness (QED) is 0.495. The lowest BCUT2D eigenvalue weighted by Crippen LogP contribution is -2.48. The molecule has 2 saturated heterocycles. The summed E-state index contributed by atoms with van der Waals surface area (Å²) in [4.78, 5) is 23.4. The molecule has 2 fully saturated rings. The summed E-state index contributed by atoms with van der Waals surface area (Å²) in [5.41, 5.74) is 0. The monoisotopic (exact) mass is 140 g/mol. The highest BCUT2D eigenvalue weighted by molar-refractivity contribution is 5.98. The first kappa shape index (κ1) is 5.70. The standard InChI is InChI=1S/C6H8N2O2/c9-5-4-1-2-8(3-4)6(10)7-5/h4H,1-3H2,(H,7,9,10). The van der Waals surface area contributed by atoms with Crippen molar-refractivity contribution in [3.8, 4) is 0 Å². The molecule has 0 aromatic heterocycles. The molecule has 2 heterocycles. The minimum atomic E-state index is -0.223. The minimum Gasteiger partial charge on any atom is -0.324 e. The molecule has 0 radical (unpaired) electrons. The van der Waals surface area contributed by atoms with Gasteiger partial charge in [-0.2, -0.15) is 0 Å². The lowest BCUT2D eigenvalue weighted by Gasteiger charge is -2.21. The van der Waals surface area contributed by atoms with Crippen LogP contribution in [0.15, 0.2) is 0 Å². The third kappa shape index (κ3) is 0.616. The van der Waals surface area contributed by atoms with Crippen molar-refractivity contribution in [2.75, 3.05) is 13.1 Å². The predicted molar refractivity (Wildman–Crippen MR) is 33.2 cm³/mol. The van der Waals surface area contributed by atoms with Crippen molar-refractivity contribution in [1.82, 2.24) is 10.2 Å². The number of nitrogens with zero attached hydrogens (tertiary/aromatic N) is 1. The Morgan fingerprint density at radius 3 is 3.10 bits per heavy atom. The number of nitrogens with one attached hydrogen (secondary N) is 1. The van der Waals surface area contributed by atoms with E-state index in [-0.39, 0.29) is 17.9 Å². The highest BCUT2D eigenvalue weighted by Gasteiger charge is 2.37. The van der Waals surface area contributed by atoms with E-state index >= 15 is 0 Å². The van der Waals surface area contributed by atoms with E-state index < -0.39 is 0 Å². The summed E-state index contributed by atoms with van der Waals surface area (Å²) in [7, 11) is 0. The van der Waals surface area contributed by atoms with Crippen LogP contribution >= 0.6 is 0 Å². The van der Waals surface area contributed by atoms with Crippen molar-refractivity contribution in [3.63, 3.8) is 0 Å². The Morgan fingerprint density at radius 1 is 1.50 bits per heavy atom. The van der Waals surface area contributed by atoms with Gasteiger partial charge in [0.15, 0.2) is 0 Å². The topological polar surface area (TPSA) is 49.4 Å². The van der Waals surface area contributed by atoms with Gasteiger partial charge in [0.05, 0.1) is 5.92 Å². The molecular formula is C6H8N2O2. The number of hydrogen-bond acceptors (Lipinski definition) is 2. The highest BCUT2D eigenvalue weighted by atomic mass is 16.2. The zero-order valence-electron chi connectivity index (χ0n) is 5.46. The number of amides is 3. The van der Waals surface area contributed by atoms with Crippen LogP contribution < -0.4 is 5.32 Å². The molecular weight excluding hydrogens is 132 g/mol. The summed E-state index contributed by atoms with van der Waals surface area (Å²) in [6.07, 6.45) is 0.831. The summed E-state index contributed by atoms with van der Waals surface area (Å²) in [5, 5.41) is 2.29. The zero-order chi connectivity index (χ0) is 7.14. The lowest BCUT2D eigenvalue weighted by atomic mass is 10.1. The summed E-state index contributed by atoms with van der Waals surface area (Å²) >= 11 is 0. The number of imide groups is 1. The molecule has 0 spiro atoms. The van der Waals surface area contributed by atoms with Crippen LogP contribution in [0.25, 0.3) is 0 Å². The molecule has 2 rings (SSSR count). The molecule has 0 saturated carbocycles. The summed E-state index contributed by atoms with van der Waals surface area (Å²) in [6.45, 7) is 1.37. The maximum Gasteiger partial charge on any atom is 0.324 e. The molecule has 2 aliphatic rings. The smallest absolute Gasteiger partial charge is 0.324 e. The van der Waals surface area contributed by atoms with E-state index in [9.17, 15) is 9.59 Å². The molecule has 2 bridgehead atoms. The second-order valence-corrected chi connectivity index (χ2v) is 2.73. The van der Waals surface area contributed by atoms with Crippen molar-refractivity contribution < 1.29 is 9.59 Å². The first-order valence-corrected chi connectivity index (χ1v) is 3.37. The molecule has 4 heteroatoms. The van der Waals surface area contributed by atoms with E-state index in [1.54, 1.807) is 4.90 Å². The fraction of sp³-hybridized carbons (Fsp3) is 0.667. The normalized spacial score (nSPS) is 30.8. The van der Waals surface area contributed by atoms with Gasteiger partial charge in [0.1, 0.15) is 0 Å². The van der Waals surface area contributed by atoms with Gasteiger partial charge in [-0.25, -0.2) is 4.79 Å². The van der Waals surface area contributed by atoms with Crippen LogP contribution in [0.4, 0.5) is 4.79 Å². The van der Waals surface area contributed by atoms with Gasteiger partial charge in [0.2, 0.25) is 5.91 Å². The van der Waals surface area contributed by atoms with Gasteiger partial charge in [0, 0.05) is 13.1 Å². The van der Waals surface area contributed by atoms with E-state index in [0.717, 1.165) is 13.0 Å². The molecule has 1 atom stereocenters. The number of carbonyl (C=O) groups is 2. The Labute approximate surface area is 58.2 Å². The van der Waals surface area contributed by atoms with Crippen molar-refractivity contribution in [2.24, 2.45) is 5.92 Å². The zero-order valence-corrected chi connectivity index (χ0v) is 5.46.